The van der Waals surface area contributed by atoms with Gasteiger partial charge in [0.2, 0.25) is 11.8 Å². The molecule has 3 N–H and O–H groups in total. The molecule has 30 heavy (non-hydrogen) atoms. The van der Waals surface area contributed by atoms with Gasteiger partial charge in [-0.25, -0.2) is 0 Å². The third-order valence-electron chi connectivity index (χ3n) is 5.03. The summed E-state index contributed by atoms with van der Waals surface area (Å²) in [5, 5.41) is 10.9. The number of anilines is 1. The summed E-state index contributed by atoms with van der Waals surface area (Å²) in [6, 6.07) is 18.0. The Hall–Kier alpha value is -2.96. The van der Waals surface area contributed by atoms with Crippen LogP contribution in [0.25, 0.3) is 0 Å². The van der Waals surface area contributed by atoms with Crippen LogP contribution in [-0.4, -0.2) is 24.9 Å². The molecule has 6 heteroatoms. The van der Waals surface area contributed by atoms with Gasteiger partial charge in [-0.05, 0) is 55.0 Å². The first kappa shape index (κ1) is 21.7. The van der Waals surface area contributed by atoms with Crippen molar-refractivity contribution in [1.29, 1.82) is 0 Å². The summed E-state index contributed by atoms with van der Waals surface area (Å²) in [6.45, 7) is 6.06. The van der Waals surface area contributed by atoms with E-state index in [9.17, 15) is 9.59 Å². The molecule has 0 unspecified atom stereocenters. The predicted octanol–water partition coefficient (Wildman–Crippen LogP) is 4.11. The third-order valence-corrected chi connectivity index (χ3v) is 5.97. The quantitative estimate of drug-likeness (QED) is 0.513. The van der Waals surface area contributed by atoms with E-state index < -0.39 is 0 Å². The van der Waals surface area contributed by atoms with E-state index in [0.717, 1.165) is 27.3 Å². The molecule has 1 heterocycles. The van der Waals surface area contributed by atoms with Crippen molar-refractivity contribution in [2.24, 2.45) is 0 Å². The molecule has 0 fully saturated rings. The molecule has 0 bridgehead atoms. The van der Waals surface area contributed by atoms with Crippen molar-refractivity contribution >= 4 is 28.8 Å². The molecule has 3 aromatic rings. The van der Waals surface area contributed by atoms with Gasteiger partial charge < -0.3 is 10.6 Å². The Balaban J connectivity index is 1.53. The Labute approximate surface area is 181 Å². The van der Waals surface area contributed by atoms with Crippen molar-refractivity contribution in [2.45, 2.75) is 26.8 Å². The SMILES string of the molecule is Cc1ccc([C@@H](NCC(=O)NCC(=O)Nc2cccc(C)c2C)c2cccs2)cc1. The lowest BCUT2D eigenvalue weighted by atomic mass is 10.0. The van der Waals surface area contributed by atoms with Gasteiger partial charge in [-0.1, -0.05) is 48.0 Å². The zero-order valence-corrected chi connectivity index (χ0v) is 18.3. The van der Waals surface area contributed by atoms with E-state index in [0.29, 0.717) is 0 Å². The first-order valence-corrected chi connectivity index (χ1v) is 10.8. The Morgan fingerprint density at radius 2 is 1.67 bits per heavy atom. The van der Waals surface area contributed by atoms with Crippen LogP contribution in [0.1, 0.15) is 33.2 Å². The minimum Gasteiger partial charge on any atom is -0.346 e. The van der Waals surface area contributed by atoms with E-state index in [2.05, 4.69) is 46.3 Å². The van der Waals surface area contributed by atoms with Crippen LogP contribution in [0.15, 0.2) is 60.0 Å². The van der Waals surface area contributed by atoms with Gasteiger partial charge in [-0.2, -0.15) is 0 Å². The maximum atomic E-state index is 12.3. The molecular formula is C24H27N3O2S. The van der Waals surface area contributed by atoms with Gasteiger partial charge in [-0.15, -0.1) is 11.3 Å². The average Bonchev–Trinajstić information content (AvgIpc) is 3.26. The van der Waals surface area contributed by atoms with Gasteiger partial charge >= 0.3 is 0 Å². The molecule has 5 nitrogen and oxygen atoms in total. The van der Waals surface area contributed by atoms with E-state index in [1.807, 2.05) is 50.4 Å². The van der Waals surface area contributed by atoms with Crippen LogP contribution in [0.5, 0.6) is 0 Å². The number of carbonyl (C=O) groups excluding carboxylic acids is 2. The Morgan fingerprint density at radius 3 is 2.37 bits per heavy atom. The fraction of sp³-hybridized carbons (Fsp3) is 0.250. The number of aryl methyl sites for hydroxylation is 2. The summed E-state index contributed by atoms with van der Waals surface area (Å²) in [7, 11) is 0. The average molecular weight is 422 g/mol. The number of hydrogen-bond acceptors (Lipinski definition) is 4. The van der Waals surface area contributed by atoms with Crippen LogP contribution in [0.4, 0.5) is 5.69 Å². The van der Waals surface area contributed by atoms with E-state index in [1.165, 1.54) is 5.56 Å². The summed E-state index contributed by atoms with van der Waals surface area (Å²) in [6.07, 6.45) is 0. The monoisotopic (exact) mass is 421 g/mol. The van der Waals surface area contributed by atoms with Crippen molar-refractivity contribution in [3.05, 3.63) is 87.1 Å². The summed E-state index contributed by atoms with van der Waals surface area (Å²) in [4.78, 5) is 25.7. The fourth-order valence-electron chi connectivity index (χ4n) is 3.11. The highest BCUT2D eigenvalue weighted by Gasteiger charge is 2.16. The van der Waals surface area contributed by atoms with Gasteiger partial charge in [0.05, 0.1) is 19.1 Å². The number of amides is 2. The predicted molar refractivity (Wildman–Crippen MR) is 123 cm³/mol. The van der Waals surface area contributed by atoms with E-state index in [-0.39, 0.29) is 30.9 Å². The van der Waals surface area contributed by atoms with Gasteiger partial charge in [0.25, 0.3) is 0 Å². The lowest BCUT2D eigenvalue weighted by molar-refractivity contribution is -0.123. The number of rotatable bonds is 8. The molecule has 156 valence electrons. The van der Waals surface area contributed by atoms with E-state index in [4.69, 9.17) is 0 Å². The maximum Gasteiger partial charge on any atom is 0.243 e. The first-order chi connectivity index (χ1) is 14.4. The first-order valence-electron chi connectivity index (χ1n) is 9.90. The number of hydrogen-bond donors (Lipinski definition) is 3. The van der Waals surface area contributed by atoms with Crippen LogP contribution in [0.2, 0.25) is 0 Å². The molecule has 0 aliphatic heterocycles. The Kier molecular flexibility index (Phi) is 7.38. The molecule has 1 atom stereocenters. The largest absolute Gasteiger partial charge is 0.346 e. The molecule has 1 aromatic heterocycles. The minimum absolute atomic E-state index is 0.0674. The van der Waals surface area contributed by atoms with Crippen molar-refractivity contribution in [2.75, 3.05) is 18.4 Å². The number of nitrogens with one attached hydrogen (secondary N) is 3. The van der Waals surface area contributed by atoms with Crippen LogP contribution in [-0.2, 0) is 9.59 Å². The molecule has 0 aliphatic rings. The molecule has 2 aromatic carbocycles. The van der Waals surface area contributed by atoms with Gasteiger partial charge in [0, 0.05) is 10.6 Å². The molecule has 0 saturated carbocycles. The normalized spacial score (nSPS) is 11.7. The zero-order chi connectivity index (χ0) is 21.5. The topological polar surface area (TPSA) is 70.2 Å². The third kappa shape index (κ3) is 5.78. The second-order valence-electron chi connectivity index (χ2n) is 7.31. The van der Waals surface area contributed by atoms with E-state index >= 15 is 0 Å². The second kappa shape index (κ2) is 10.2. The summed E-state index contributed by atoms with van der Waals surface area (Å²) >= 11 is 1.65. The lowest BCUT2D eigenvalue weighted by Crippen LogP contribution is -2.39. The highest BCUT2D eigenvalue weighted by Crippen LogP contribution is 2.26. The smallest absolute Gasteiger partial charge is 0.243 e. The lowest BCUT2D eigenvalue weighted by Gasteiger charge is -2.18. The highest BCUT2D eigenvalue weighted by atomic mass is 32.1. The van der Waals surface area contributed by atoms with Gasteiger partial charge in [0.15, 0.2) is 0 Å². The molecule has 2 amide bonds. The minimum atomic E-state index is -0.245. The Bertz CT molecular complexity index is 998. The Morgan fingerprint density at radius 1 is 0.900 bits per heavy atom. The number of carbonyl (C=O) groups is 2. The van der Waals surface area contributed by atoms with Crippen LogP contribution in [0.3, 0.4) is 0 Å². The molecule has 0 spiro atoms. The van der Waals surface area contributed by atoms with Crippen LogP contribution >= 0.6 is 11.3 Å². The molecule has 0 saturated heterocycles. The zero-order valence-electron chi connectivity index (χ0n) is 17.5. The van der Waals surface area contributed by atoms with Crippen molar-refractivity contribution in [1.82, 2.24) is 10.6 Å². The second-order valence-corrected chi connectivity index (χ2v) is 8.29. The van der Waals surface area contributed by atoms with Crippen molar-refractivity contribution < 1.29 is 9.59 Å². The van der Waals surface area contributed by atoms with Crippen molar-refractivity contribution in [3.8, 4) is 0 Å². The highest BCUT2D eigenvalue weighted by molar-refractivity contribution is 7.10. The fourth-order valence-corrected chi connectivity index (χ4v) is 3.94. The van der Waals surface area contributed by atoms with E-state index in [1.54, 1.807) is 11.3 Å². The van der Waals surface area contributed by atoms with Crippen molar-refractivity contribution in [3.63, 3.8) is 0 Å². The number of thiophene rings is 1. The molecule has 0 radical (unpaired) electrons. The maximum absolute atomic E-state index is 12.3. The van der Waals surface area contributed by atoms with Gasteiger partial charge in [0.1, 0.15) is 0 Å². The number of benzene rings is 2. The van der Waals surface area contributed by atoms with Crippen LogP contribution in [0, 0.1) is 20.8 Å². The van der Waals surface area contributed by atoms with Crippen LogP contribution < -0.4 is 16.0 Å². The molecule has 0 aliphatic carbocycles. The summed E-state index contributed by atoms with van der Waals surface area (Å²) < 4.78 is 0. The summed E-state index contributed by atoms with van der Waals surface area (Å²) in [5.74, 6) is -0.467. The van der Waals surface area contributed by atoms with Gasteiger partial charge in [-0.3, -0.25) is 14.9 Å². The standard InChI is InChI=1S/C24H27N3O2S/c1-16-9-11-19(12-10-16)24(21-8-5-13-30-21)26-14-22(28)25-15-23(29)27-20-7-4-6-17(2)18(20)3/h4-13,24,26H,14-15H2,1-3H3,(H,25,28)(H,27,29)/t24-/m1/s1. The summed E-state index contributed by atoms with van der Waals surface area (Å²) in [5.41, 5.74) is 5.19. The molecular weight excluding hydrogens is 394 g/mol. The molecule has 3 rings (SSSR count).